The largest absolute Gasteiger partial charge is 0.397 e. The van der Waals surface area contributed by atoms with Crippen LogP contribution in [-0.2, 0) is 142 Å². The molecule has 0 radical (unpaired) electrons. The van der Waals surface area contributed by atoms with Crippen molar-refractivity contribution < 1.29 is 129 Å². The Bertz CT molecular complexity index is 7100. The summed E-state index contributed by atoms with van der Waals surface area (Å²) in [5.41, 5.74) is 32.6. The molecule has 12 aromatic rings. The number of hydrogen-bond acceptors (Lipinski definition) is 48. The fourth-order valence-corrected chi connectivity index (χ4v) is 30.9. The molecule has 11 aliphatic rings. The van der Waals surface area contributed by atoms with E-state index in [9.17, 15) is 43.4 Å². The van der Waals surface area contributed by atoms with Crippen molar-refractivity contribution in [2.24, 2.45) is 0 Å². The van der Waals surface area contributed by atoms with Gasteiger partial charge in [-0.3, -0.25) is 83.8 Å². The molecule has 20 N–H and O–H groups in total. The molecule has 74 heteroatoms. The van der Waals surface area contributed by atoms with E-state index >= 15 is 22.0 Å². The Morgan fingerprint density at radius 2 is 0.790 bits per heavy atom. The molecule has 54 nitrogen and oxygen atoms in total. The molecule has 10 bridgehead atoms. The third-order valence-corrected chi connectivity index (χ3v) is 37.4. The van der Waals surface area contributed by atoms with Crippen LogP contribution in [0.3, 0.4) is 0 Å². The van der Waals surface area contributed by atoms with Gasteiger partial charge in [0.2, 0.25) is 24.1 Å². The number of aromatic amines is 3. The van der Waals surface area contributed by atoms with E-state index < -0.39 is 238 Å². The lowest BCUT2D eigenvalue weighted by atomic mass is 10.0. The second kappa shape index (κ2) is 35.9. The van der Waals surface area contributed by atoms with E-state index in [0.717, 1.165) is 35.3 Å². The normalized spacial score (nSPS) is 38.7. The maximum Gasteiger partial charge on any atom is 0.386 e. The standard InChI is InChI=1S/2C22H24FN9O9P2S3.C20H21F3N10O8P2S3/c2*23-10-9-3-37-42(34,44)41-15-14-19(31-6-27-11-8(24)1-2-26-16(11)31)39-22(15,4-36-14)5-38-43(35,45)40-13(10)20(46-9)32-7-28-12-17(32)29-21(25)30-18(12)33;21-9-8-4-38-43(36,45)41-13-7(39-18(20(13,22)23)33-14-10(30-31-33)6(24)1-2-26-14)3-37-42(35,44)40-12(9)17(46-8)32-5-27-11-15(32)28-19(25)29-16(11)34/h2*1-2,6-7,9-10,13-15,19-20H,3-5H2,(H2,24,26)(H,34,44)(H,35,45)(H3,25,29,30,33);1-2,5,7-9,12-13,17-18H,3-4H2,(H2,24,26)(H,35,44)(H,36,45)(H3,25,28,29,34)/t2*9-,10+,13-,14-,15+,19-,20-,22-,42?,43?;7-,8-,9+,12-,13-,17-,18-,42?,43?/m111/s1. The Labute approximate surface area is 807 Å². The number of alkyl halides is 5. The van der Waals surface area contributed by atoms with Crippen LogP contribution < -0.4 is 51.1 Å². The van der Waals surface area contributed by atoms with Crippen LogP contribution in [0.25, 0.3) is 67.0 Å². The first-order valence-corrected chi connectivity index (χ1v) is 58.5. The van der Waals surface area contributed by atoms with E-state index in [4.69, 9.17) is 171 Å². The van der Waals surface area contributed by atoms with Crippen molar-refractivity contribution in [3.05, 3.63) is 99.5 Å². The number of rotatable bonds is 6. The van der Waals surface area contributed by atoms with Crippen molar-refractivity contribution in [2.45, 2.75) is 141 Å². The molecular formula is C64H69F5N28O26P6S9. The first kappa shape index (κ1) is 97.4. The van der Waals surface area contributed by atoms with Crippen LogP contribution in [0.2, 0.25) is 0 Å². The molecule has 740 valence electrons. The first-order valence-electron chi connectivity index (χ1n) is 40.1. The van der Waals surface area contributed by atoms with Gasteiger partial charge in [0.1, 0.15) is 106 Å². The SMILES string of the molecule is Nc1nc2c(ncn2[C@@H]2S[C@@H]3COP(O)(=S)O[C@@H]4[C@@H](COP(O)(=S)O[C@@H]2[C@H]3F)O[C@@H](n2nnc3c(N)ccnc32)C4(F)F)c(=O)[nH]1.Nc1nc2c(ncn2[C@@H]2S[C@@H]3COP(O)(=S)O[C@H]4[C@H]5OC[C@]4(COP(=O)(S)O[C@@H]2[C@H]3F)O[C@H]5n2cnc3c(N)ccnc32)c(=O)[nH]1.Nc1nc2c(ncn2[C@@H]2S[C@@H]3COP(O)(=S)O[C@H]4[C@H]5OC[C@]4(COP(O)(=S)O[C@@H]2[C@H]3F)O[C@H]5n2cnc3c(N)ccnc32)c(=O)[nH]1. The number of pyridine rings is 3. The molecule has 11 saturated heterocycles. The molecule has 11 aliphatic heterocycles. The van der Waals surface area contributed by atoms with Gasteiger partial charge in [-0.05, 0) is 77.2 Å². The number of imidazole rings is 5. The minimum Gasteiger partial charge on any atom is -0.397 e. The molecule has 11 fully saturated rings. The van der Waals surface area contributed by atoms with E-state index in [-0.39, 0.29) is 81.4 Å². The van der Waals surface area contributed by atoms with Crippen LogP contribution in [0, 0.1) is 0 Å². The predicted octanol–water partition coefficient (Wildman–Crippen LogP) is 2.88. The quantitative estimate of drug-likeness (QED) is 0.0646. The second-order valence-electron chi connectivity index (χ2n) is 32.1. The maximum atomic E-state index is 16.1. The molecule has 12 aromatic heterocycles. The second-order valence-corrected chi connectivity index (χ2v) is 53.0. The molecule has 0 amide bonds. The summed E-state index contributed by atoms with van der Waals surface area (Å²) >= 11 is 33.3. The highest BCUT2D eigenvalue weighted by Gasteiger charge is 2.69. The molecular weight excluding hydrogens is 2150 g/mol. The molecule has 0 aliphatic carbocycles. The monoisotopic (exact) mass is 2210 g/mol. The summed E-state index contributed by atoms with van der Waals surface area (Å²) < 4.78 is 200. The van der Waals surface area contributed by atoms with Crippen molar-refractivity contribution >= 4 is 249 Å². The number of aromatic nitrogens is 22. The van der Waals surface area contributed by atoms with Gasteiger partial charge in [0.25, 0.3) is 16.7 Å². The topological polar surface area (TPSA) is 727 Å². The van der Waals surface area contributed by atoms with Gasteiger partial charge in [-0.1, -0.05) is 17.5 Å². The van der Waals surface area contributed by atoms with Crippen molar-refractivity contribution in [1.29, 1.82) is 0 Å². The van der Waals surface area contributed by atoms with Gasteiger partial charge in [0.15, 0.2) is 74.5 Å². The summed E-state index contributed by atoms with van der Waals surface area (Å²) in [5, 5.41) is 1.22. The summed E-state index contributed by atoms with van der Waals surface area (Å²) in [6.07, 6.45) is -11.2. The van der Waals surface area contributed by atoms with E-state index in [2.05, 4.69) is 92.3 Å². The zero-order valence-corrected chi connectivity index (χ0v) is 81.5. The number of nitrogen functional groups attached to an aromatic ring is 6. The lowest BCUT2D eigenvalue weighted by Gasteiger charge is -2.33. The summed E-state index contributed by atoms with van der Waals surface area (Å²) in [4.78, 5) is 146. The van der Waals surface area contributed by atoms with Crippen LogP contribution in [0.15, 0.2) is 82.8 Å². The van der Waals surface area contributed by atoms with E-state index in [0.29, 0.717) is 38.4 Å². The fraction of sp³-hybridized carbons (Fsp3) is 0.500. The highest BCUT2D eigenvalue weighted by atomic mass is 32.7. The summed E-state index contributed by atoms with van der Waals surface area (Å²) in [5.74, 6) is -4.61. The van der Waals surface area contributed by atoms with Gasteiger partial charge in [-0.2, -0.15) is 28.4 Å². The van der Waals surface area contributed by atoms with Gasteiger partial charge in [-0.25, -0.2) is 57.6 Å². The van der Waals surface area contributed by atoms with Crippen molar-refractivity contribution in [3.63, 3.8) is 0 Å². The number of nitrogens with one attached hydrogen (secondary N) is 3. The zero-order chi connectivity index (χ0) is 97.1. The number of fused-ring (bicyclic) bond motifs is 13. The molecule has 29 atom stereocenters. The smallest absolute Gasteiger partial charge is 0.386 e. The molecule has 23 heterocycles. The number of thioether (sulfide) groups is 3. The number of nitrogens with two attached hydrogens (primary N) is 6. The minimum absolute atomic E-state index is 0.0209. The van der Waals surface area contributed by atoms with Crippen LogP contribution in [0.4, 0.5) is 56.9 Å². The Hall–Kier alpha value is -6.71. The molecule has 23 rings (SSSR count). The first-order chi connectivity index (χ1) is 65.3. The van der Waals surface area contributed by atoms with Gasteiger partial charge in [0, 0.05) is 18.6 Å². The Kier molecular flexibility index (Phi) is 25.3. The number of hydrogen-bond donors (Lipinski definition) is 15. The van der Waals surface area contributed by atoms with Crippen LogP contribution in [0.5, 0.6) is 0 Å². The Morgan fingerprint density at radius 1 is 0.435 bits per heavy atom. The van der Waals surface area contributed by atoms with E-state index in [1.807, 2.05) is 0 Å². The number of nitrogens with zero attached hydrogens (tertiary/aromatic N) is 19. The molecule has 0 saturated carbocycles. The zero-order valence-electron chi connectivity index (χ0n) is 68.7. The Morgan fingerprint density at radius 3 is 1.22 bits per heavy atom. The number of H-pyrrole nitrogens is 3. The van der Waals surface area contributed by atoms with E-state index in [1.54, 1.807) is 21.3 Å². The predicted molar refractivity (Wildman–Crippen MR) is 495 cm³/mol. The average molecular weight is 2220 g/mol. The Balaban J connectivity index is 0.000000123. The minimum atomic E-state index is -4.54. The number of thiol groups is 1. The number of halogens is 5. The lowest BCUT2D eigenvalue weighted by molar-refractivity contribution is -0.183. The molecule has 0 aromatic carbocycles. The van der Waals surface area contributed by atoms with Gasteiger partial charge < -0.3 is 105 Å². The average Bonchev–Trinajstić information content (AvgIpc) is 1.55. The fourth-order valence-electron chi connectivity index (χ4n) is 17.3. The van der Waals surface area contributed by atoms with Gasteiger partial charge in [-0.15, -0.1) is 40.4 Å². The van der Waals surface area contributed by atoms with Gasteiger partial charge >= 0.3 is 46.3 Å². The van der Waals surface area contributed by atoms with Crippen LogP contribution in [0.1, 0.15) is 34.8 Å². The number of ether oxygens (including phenoxy) is 5. The molecule has 6 unspecified atom stereocenters. The third-order valence-electron chi connectivity index (χ3n) is 23.5. The lowest BCUT2D eigenvalue weighted by Crippen LogP contribution is -2.45. The van der Waals surface area contributed by atoms with Gasteiger partial charge in [0.05, 0.1) is 117 Å². The third kappa shape index (κ3) is 17.6. The van der Waals surface area contributed by atoms with Crippen LogP contribution >= 0.6 is 87.9 Å². The summed E-state index contributed by atoms with van der Waals surface area (Å²) in [6, 6.07) is 4.61. The van der Waals surface area contributed by atoms with Crippen molar-refractivity contribution in [2.75, 3.05) is 87.3 Å². The molecule has 0 spiro atoms. The summed E-state index contributed by atoms with van der Waals surface area (Å²) in [6.45, 7) is -29.3. The van der Waals surface area contributed by atoms with Crippen molar-refractivity contribution in [3.8, 4) is 0 Å². The summed E-state index contributed by atoms with van der Waals surface area (Å²) in [7, 11) is 0. The highest BCUT2D eigenvalue weighted by molar-refractivity contribution is 8.44. The number of anilines is 6. The molecule has 138 heavy (non-hydrogen) atoms. The maximum absolute atomic E-state index is 16.1. The van der Waals surface area contributed by atoms with Crippen molar-refractivity contribution in [1.82, 2.24) is 108 Å². The van der Waals surface area contributed by atoms with Crippen LogP contribution in [-0.4, -0.2) is 291 Å². The highest BCUT2D eigenvalue weighted by Crippen LogP contribution is 2.66. The van der Waals surface area contributed by atoms with E-state index in [1.165, 1.54) is 70.0 Å².